The van der Waals surface area contributed by atoms with Crippen LogP contribution in [0.1, 0.15) is 52.2 Å². The second kappa shape index (κ2) is 6.87. The third-order valence-corrected chi connectivity index (χ3v) is 4.48. The number of benzene rings is 1. The maximum absolute atomic E-state index is 12.4. The number of carbonyl (C=O) groups is 3. The topological polar surface area (TPSA) is 88.6 Å². The summed E-state index contributed by atoms with van der Waals surface area (Å²) in [6, 6.07) is 6.76. The molecule has 3 amide bonds. The normalized spacial score (nSPS) is 13.7. The number of hydrogen-bond acceptors (Lipinski definition) is 6. The van der Waals surface area contributed by atoms with Crippen molar-refractivity contribution < 1.29 is 19.1 Å². The van der Waals surface area contributed by atoms with Gasteiger partial charge in [-0.05, 0) is 32.9 Å². The average molecular weight is 373 g/mol. The predicted molar refractivity (Wildman–Crippen MR) is 95.8 cm³/mol. The van der Waals surface area contributed by atoms with Gasteiger partial charge in [0.2, 0.25) is 0 Å². The van der Waals surface area contributed by atoms with Crippen molar-refractivity contribution in [1.82, 2.24) is 15.2 Å². The standard InChI is InChI=1S/C18H19N3O4S/c1-18(2,3)25-17(24)19-8-14-20-11(10-26-14)9-21-15(22)12-6-4-5-7-13(12)16(21)23/h4-7,10H,8-9H2,1-3H3,(H,19,24). The van der Waals surface area contributed by atoms with E-state index in [1.54, 1.807) is 50.4 Å². The summed E-state index contributed by atoms with van der Waals surface area (Å²) in [7, 11) is 0. The fourth-order valence-corrected chi connectivity index (χ4v) is 3.23. The number of rotatable bonds is 4. The molecule has 0 unspecified atom stereocenters. The van der Waals surface area contributed by atoms with Crippen LogP contribution in [-0.4, -0.2) is 33.4 Å². The highest BCUT2D eigenvalue weighted by atomic mass is 32.1. The summed E-state index contributed by atoms with van der Waals surface area (Å²) in [5, 5.41) is 5.08. The number of ether oxygens (including phenoxy) is 1. The number of nitrogens with zero attached hydrogens (tertiary/aromatic N) is 2. The van der Waals surface area contributed by atoms with Crippen LogP contribution in [0.25, 0.3) is 0 Å². The van der Waals surface area contributed by atoms with Crippen molar-refractivity contribution in [3.8, 4) is 0 Å². The van der Waals surface area contributed by atoms with Crippen LogP contribution < -0.4 is 5.32 Å². The lowest BCUT2D eigenvalue weighted by Gasteiger charge is -2.19. The fourth-order valence-electron chi connectivity index (χ4n) is 2.51. The van der Waals surface area contributed by atoms with Crippen molar-refractivity contribution in [2.45, 2.75) is 39.5 Å². The number of nitrogens with one attached hydrogen (secondary N) is 1. The Morgan fingerprint density at radius 3 is 2.38 bits per heavy atom. The zero-order valence-electron chi connectivity index (χ0n) is 14.7. The molecule has 8 heteroatoms. The number of carbonyl (C=O) groups excluding carboxylic acids is 3. The summed E-state index contributed by atoms with van der Waals surface area (Å²) in [6.45, 7) is 5.69. The number of hydrogen-bond donors (Lipinski definition) is 1. The Labute approximate surface area is 155 Å². The van der Waals surface area contributed by atoms with Gasteiger partial charge in [-0.3, -0.25) is 14.5 Å². The van der Waals surface area contributed by atoms with E-state index in [1.807, 2.05) is 0 Å². The molecular formula is C18H19N3O4S. The maximum atomic E-state index is 12.4. The first-order valence-electron chi connectivity index (χ1n) is 8.10. The second-order valence-electron chi connectivity index (χ2n) is 6.83. The molecule has 0 radical (unpaired) electrons. The molecule has 0 saturated heterocycles. The average Bonchev–Trinajstić information content (AvgIpc) is 3.11. The van der Waals surface area contributed by atoms with Gasteiger partial charge in [-0.1, -0.05) is 12.1 Å². The van der Waals surface area contributed by atoms with Gasteiger partial charge in [-0.2, -0.15) is 0 Å². The van der Waals surface area contributed by atoms with E-state index in [0.29, 0.717) is 21.8 Å². The molecule has 136 valence electrons. The smallest absolute Gasteiger partial charge is 0.408 e. The van der Waals surface area contributed by atoms with Crippen molar-refractivity contribution in [1.29, 1.82) is 0 Å². The van der Waals surface area contributed by atoms with Gasteiger partial charge in [0.1, 0.15) is 10.6 Å². The van der Waals surface area contributed by atoms with E-state index in [9.17, 15) is 14.4 Å². The summed E-state index contributed by atoms with van der Waals surface area (Å²) in [4.78, 5) is 42.0. The molecule has 0 aliphatic carbocycles. The lowest BCUT2D eigenvalue weighted by molar-refractivity contribution is 0.0522. The monoisotopic (exact) mass is 373 g/mol. The minimum atomic E-state index is -0.566. The molecule has 7 nitrogen and oxygen atoms in total. The number of imide groups is 1. The fraction of sp³-hybridized carbons (Fsp3) is 0.333. The first kappa shape index (κ1) is 18.1. The largest absolute Gasteiger partial charge is 0.444 e. The van der Waals surface area contributed by atoms with Gasteiger partial charge in [0, 0.05) is 5.38 Å². The third kappa shape index (κ3) is 3.91. The molecule has 26 heavy (non-hydrogen) atoms. The van der Waals surface area contributed by atoms with Crippen LogP contribution >= 0.6 is 11.3 Å². The molecule has 1 aliphatic heterocycles. The lowest BCUT2D eigenvalue weighted by Crippen LogP contribution is -2.32. The molecule has 3 rings (SSSR count). The van der Waals surface area contributed by atoms with E-state index in [4.69, 9.17) is 4.74 Å². The number of thiazole rings is 1. The summed E-state index contributed by atoms with van der Waals surface area (Å²) in [5.41, 5.74) is 0.869. The highest BCUT2D eigenvalue weighted by Crippen LogP contribution is 2.24. The van der Waals surface area contributed by atoms with Crippen molar-refractivity contribution in [3.63, 3.8) is 0 Å². The molecule has 2 aromatic rings. The van der Waals surface area contributed by atoms with Crippen molar-refractivity contribution in [2.24, 2.45) is 0 Å². The van der Waals surface area contributed by atoms with Gasteiger partial charge in [0.05, 0.1) is 29.9 Å². The van der Waals surface area contributed by atoms with Crippen molar-refractivity contribution >= 4 is 29.2 Å². The van der Waals surface area contributed by atoms with Gasteiger partial charge in [-0.25, -0.2) is 9.78 Å². The van der Waals surface area contributed by atoms with Crippen molar-refractivity contribution in [3.05, 3.63) is 51.5 Å². The third-order valence-electron chi connectivity index (χ3n) is 3.58. The molecule has 0 bridgehead atoms. The lowest BCUT2D eigenvalue weighted by atomic mass is 10.1. The zero-order valence-corrected chi connectivity index (χ0v) is 15.6. The molecule has 1 aromatic carbocycles. The minimum absolute atomic E-state index is 0.106. The summed E-state index contributed by atoms with van der Waals surface area (Å²) in [5.74, 6) is -0.626. The molecule has 1 aromatic heterocycles. The van der Waals surface area contributed by atoms with Crippen LogP contribution in [0.2, 0.25) is 0 Å². The van der Waals surface area contributed by atoms with E-state index in [0.717, 1.165) is 0 Å². The first-order valence-corrected chi connectivity index (χ1v) is 8.98. The highest BCUT2D eigenvalue weighted by molar-refractivity contribution is 7.09. The van der Waals surface area contributed by atoms with E-state index in [-0.39, 0.29) is 24.9 Å². The Balaban J connectivity index is 1.60. The molecule has 0 fully saturated rings. The number of fused-ring (bicyclic) bond motifs is 1. The minimum Gasteiger partial charge on any atom is -0.444 e. The van der Waals surface area contributed by atoms with Crippen LogP contribution in [-0.2, 0) is 17.8 Å². The summed E-state index contributed by atoms with van der Waals surface area (Å²) < 4.78 is 5.17. The summed E-state index contributed by atoms with van der Waals surface area (Å²) in [6.07, 6.45) is -0.519. The van der Waals surface area contributed by atoms with Crippen molar-refractivity contribution in [2.75, 3.05) is 0 Å². The molecule has 1 N–H and O–H groups in total. The maximum Gasteiger partial charge on any atom is 0.408 e. The predicted octanol–water partition coefficient (Wildman–Crippen LogP) is 2.96. The van der Waals surface area contributed by atoms with Crippen LogP contribution in [0.4, 0.5) is 4.79 Å². The Kier molecular flexibility index (Phi) is 4.78. The molecular weight excluding hydrogens is 354 g/mol. The quantitative estimate of drug-likeness (QED) is 0.833. The molecule has 0 saturated carbocycles. The van der Waals surface area contributed by atoms with Gasteiger partial charge in [0.15, 0.2) is 0 Å². The van der Waals surface area contributed by atoms with Gasteiger partial charge < -0.3 is 10.1 Å². The Morgan fingerprint density at radius 2 is 1.81 bits per heavy atom. The van der Waals surface area contributed by atoms with E-state index in [1.165, 1.54) is 16.2 Å². The summed E-state index contributed by atoms with van der Waals surface area (Å²) >= 11 is 1.35. The molecule has 0 spiro atoms. The Hall–Kier alpha value is -2.74. The SMILES string of the molecule is CC(C)(C)OC(=O)NCc1nc(CN2C(=O)c3ccccc3C2=O)cs1. The molecule has 2 heterocycles. The number of alkyl carbamates (subject to hydrolysis) is 1. The van der Waals surface area contributed by atoms with Crippen LogP contribution in [0.15, 0.2) is 29.6 Å². The van der Waals surface area contributed by atoms with Crippen LogP contribution in [0.5, 0.6) is 0 Å². The van der Waals surface area contributed by atoms with E-state index >= 15 is 0 Å². The Bertz CT molecular complexity index is 834. The van der Waals surface area contributed by atoms with E-state index < -0.39 is 11.7 Å². The molecule has 0 atom stereocenters. The second-order valence-corrected chi connectivity index (χ2v) is 7.77. The number of aromatic nitrogens is 1. The van der Waals surface area contributed by atoms with E-state index in [2.05, 4.69) is 10.3 Å². The van der Waals surface area contributed by atoms with Gasteiger partial charge in [-0.15, -0.1) is 11.3 Å². The van der Waals surface area contributed by atoms with Gasteiger partial charge in [0.25, 0.3) is 11.8 Å². The van der Waals surface area contributed by atoms with Crippen LogP contribution in [0, 0.1) is 0 Å². The molecule has 1 aliphatic rings. The van der Waals surface area contributed by atoms with Crippen LogP contribution in [0.3, 0.4) is 0 Å². The zero-order chi connectivity index (χ0) is 18.9. The number of amides is 3. The Morgan fingerprint density at radius 1 is 1.19 bits per heavy atom. The van der Waals surface area contributed by atoms with Gasteiger partial charge >= 0.3 is 6.09 Å². The highest BCUT2D eigenvalue weighted by Gasteiger charge is 2.35. The first-order chi connectivity index (χ1) is 12.2.